The van der Waals surface area contributed by atoms with Gasteiger partial charge < -0.3 is 10.4 Å². The van der Waals surface area contributed by atoms with Crippen LogP contribution in [-0.4, -0.2) is 27.7 Å². The summed E-state index contributed by atoms with van der Waals surface area (Å²) in [5, 5.41) is 11.1. The maximum absolute atomic E-state index is 10.4. The van der Waals surface area contributed by atoms with E-state index in [9.17, 15) is 4.79 Å². The zero-order valence-corrected chi connectivity index (χ0v) is 11.7. The lowest BCUT2D eigenvalue weighted by atomic mass is 10.0. The first-order valence-electron chi connectivity index (χ1n) is 6.11. The summed E-state index contributed by atoms with van der Waals surface area (Å²) in [6.07, 6.45) is 1.27. The van der Waals surface area contributed by atoms with Gasteiger partial charge in [0.15, 0.2) is 0 Å². The number of hydrogen-bond donors (Lipinski definition) is 2. The standard InChI is InChI=1S/C14H14ClN3O2/c1-9-8-11(12-5-7-16-13(15)18-12)3-2-10(9)4-6-17-14(19)20/h2-3,5,7-8,17H,4,6H2,1H3,(H,19,20). The first-order chi connectivity index (χ1) is 9.56. The van der Waals surface area contributed by atoms with E-state index in [1.165, 1.54) is 0 Å². The third kappa shape index (κ3) is 3.68. The monoisotopic (exact) mass is 291 g/mol. The number of carbonyl (C=O) groups is 1. The average Bonchev–Trinajstić information content (AvgIpc) is 2.40. The molecule has 2 aromatic rings. The summed E-state index contributed by atoms with van der Waals surface area (Å²) >= 11 is 5.78. The molecule has 1 heterocycles. The highest BCUT2D eigenvalue weighted by Crippen LogP contribution is 2.21. The largest absolute Gasteiger partial charge is 0.465 e. The predicted octanol–water partition coefficient (Wildman–Crippen LogP) is 2.92. The fraction of sp³-hybridized carbons (Fsp3) is 0.214. The van der Waals surface area contributed by atoms with Crippen LogP contribution in [-0.2, 0) is 6.42 Å². The highest BCUT2D eigenvalue weighted by molar-refractivity contribution is 6.28. The van der Waals surface area contributed by atoms with E-state index in [2.05, 4.69) is 15.3 Å². The van der Waals surface area contributed by atoms with Gasteiger partial charge in [0.25, 0.3) is 0 Å². The molecule has 0 aliphatic carbocycles. The maximum Gasteiger partial charge on any atom is 0.404 e. The molecule has 0 radical (unpaired) electrons. The van der Waals surface area contributed by atoms with Gasteiger partial charge in [0.1, 0.15) is 0 Å². The molecule has 0 fully saturated rings. The fourth-order valence-electron chi connectivity index (χ4n) is 1.94. The van der Waals surface area contributed by atoms with Crippen molar-refractivity contribution in [2.45, 2.75) is 13.3 Å². The Hall–Kier alpha value is -2.14. The van der Waals surface area contributed by atoms with Crippen LogP contribution in [0.2, 0.25) is 5.28 Å². The normalized spacial score (nSPS) is 10.3. The molecule has 1 aromatic heterocycles. The minimum Gasteiger partial charge on any atom is -0.465 e. The number of hydrogen-bond acceptors (Lipinski definition) is 3. The fourth-order valence-corrected chi connectivity index (χ4v) is 2.08. The average molecular weight is 292 g/mol. The number of aryl methyl sites for hydroxylation is 1. The predicted molar refractivity (Wildman–Crippen MR) is 76.9 cm³/mol. The van der Waals surface area contributed by atoms with Crippen molar-refractivity contribution in [3.05, 3.63) is 46.9 Å². The molecule has 0 aliphatic heterocycles. The summed E-state index contributed by atoms with van der Waals surface area (Å²) < 4.78 is 0. The number of nitrogens with one attached hydrogen (secondary N) is 1. The topological polar surface area (TPSA) is 75.1 Å². The van der Waals surface area contributed by atoms with Crippen LogP contribution < -0.4 is 5.32 Å². The summed E-state index contributed by atoms with van der Waals surface area (Å²) in [5.74, 6) is 0. The van der Waals surface area contributed by atoms with Gasteiger partial charge in [-0.3, -0.25) is 0 Å². The smallest absolute Gasteiger partial charge is 0.404 e. The van der Waals surface area contributed by atoms with Crippen LogP contribution in [0.3, 0.4) is 0 Å². The van der Waals surface area contributed by atoms with E-state index in [-0.39, 0.29) is 5.28 Å². The Labute approximate surface area is 121 Å². The minimum atomic E-state index is -1.00. The van der Waals surface area contributed by atoms with Crippen LogP contribution in [0.15, 0.2) is 30.5 Å². The molecule has 0 aliphatic rings. The van der Waals surface area contributed by atoms with Crippen LogP contribution in [0.1, 0.15) is 11.1 Å². The number of amides is 1. The van der Waals surface area contributed by atoms with E-state index >= 15 is 0 Å². The Morgan fingerprint density at radius 1 is 1.40 bits per heavy atom. The van der Waals surface area contributed by atoms with Crippen LogP contribution in [0.25, 0.3) is 11.3 Å². The molecular weight excluding hydrogens is 278 g/mol. The SMILES string of the molecule is Cc1cc(-c2ccnc(Cl)n2)ccc1CCNC(=O)O. The molecule has 0 unspecified atom stereocenters. The second-order valence-electron chi connectivity index (χ2n) is 4.33. The number of halogens is 1. The van der Waals surface area contributed by atoms with Gasteiger partial charge in [0.2, 0.25) is 5.28 Å². The molecule has 2 N–H and O–H groups in total. The molecule has 1 aromatic carbocycles. The van der Waals surface area contributed by atoms with Crippen molar-refractivity contribution in [1.82, 2.24) is 15.3 Å². The molecule has 1 amide bonds. The highest BCUT2D eigenvalue weighted by Gasteiger charge is 2.05. The Balaban J connectivity index is 2.15. The number of benzene rings is 1. The zero-order chi connectivity index (χ0) is 14.5. The Kier molecular flexibility index (Phi) is 4.53. The van der Waals surface area contributed by atoms with E-state index in [1.54, 1.807) is 12.3 Å². The lowest BCUT2D eigenvalue weighted by Crippen LogP contribution is -2.23. The van der Waals surface area contributed by atoms with Gasteiger partial charge in [0, 0.05) is 18.3 Å². The van der Waals surface area contributed by atoms with Gasteiger partial charge in [-0.05, 0) is 48.2 Å². The number of rotatable bonds is 4. The van der Waals surface area contributed by atoms with E-state index in [4.69, 9.17) is 16.7 Å². The highest BCUT2D eigenvalue weighted by atomic mass is 35.5. The second-order valence-corrected chi connectivity index (χ2v) is 4.67. The van der Waals surface area contributed by atoms with Crippen molar-refractivity contribution < 1.29 is 9.90 Å². The molecule has 20 heavy (non-hydrogen) atoms. The molecule has 104 valence electrons. The molecular formula is C14H14ClN3O2. The van der Waals surface area contributed by atoms with Crippen molar-refractivity contribution in [3.8, 4) is 11.3 Å². The summed E-state index contributed by atoms with van der Waals surface area (Å²) in [6.45, 7) is 2.39. The lowest BCUT2D eigenvalue weighted by molar-refractivity contribution is 0.194. The van der Waals surface area contributed by atoms with Gasteiger partial charge in [-0.15, -0.1) is 0 Å². The summed E-state index contributed by atoms with van der Waals surface area (Å²) in [4.78, 5) is 18.4. The number of nitrogens with zero attached hydrogens (tertiary/aromatic N) is 2. The third-order valence-corrected chi connectivity index (χ3v) is 3.12. The van der Waals surface area contributed by atoms with Gasteiger partial charge in [-0.2, -0.15) is 0 Å². The van der Waals surface area contributed by atoms with Crippen molar-refractivity contribution in [3.63, 3.8) is 0 Å². The number of carboxylic acid groups (broad SMARTS) is 1. The van der Waals surface area contributed by atoms with Crippen LogP contribution in [0, 0.1) is 6.92 Å². The first-order valence-corrected chi connectivity index (χ1v) is 6.49. The minimum absolute atomic E-state index is 0.217. The molecule has 0 atom stereocenters. The van der Waals surface area contributed by atoms with Gasteiger partial charge in [-0.1, -0.05) is 12.1 Å². The zero-order valence-electron chi connectivity index (χ0n) is 10.9. The molecule has 6 heteroatoms. The quantitative estimate of drug-likeness (QED) is 0.849. The summed E-state index contributed by atoms with van der Waals surface area (Å²) in [6, 6.07) is 7.73. The second kappa shape index (κ2) is 6.34. The van der Waals surface area contributed by atoms with E-state index in [1.807, 2.05) is 25.1 Å². The molecule has 0 spiro atoms. The van der Waals surface area contributed by atoms with E-state index in [0.29, 0.717) is 13.0 Å². The van der Waals surface area contributed by atoms with Gasteiger partial charge >= 0.3 is 6.09 Å². The van der Waals surface area contributed by atoms with E-state index < -0.39 is 6.09 Å². The summed E-state index contributed by atoms with van der Waals surface area (Å²) in [5.41, 5.74) is 3.91. The molecule has 0 saturated heterocycles. The van der Waals surface area contributed by atoms with Crippen molar-refractivity contribution in [1.29, 1.82) is 0 Å². The Morgan fingerprint density at radius 2 is 2.20 bits per heavy atom. The van der Waals surface area contributed by atoms with Crippen molar-refractivity contribution >= 4 is 17.7 Å². The molecule has 0 bridgehead atoms. The van der Waals surface area contributed by atoms with E-state index in [0.717, 1.165) is 22.4 Å². The third-order valence-electron chi connectivity index (χ3n) is 2.94. The molecule has 2 rings (SSSR count). The van der Waals surface area contributed by atoms with Gasteiger partial charge in [-0.25, -0.2) is 14.8 Å². The van der Waals surface area contributed by atoms with Gasteiger partial charge in [0.05, 0.1) is 5.69 Å². The van der Waals surface area contributed by atoms with Crippen LogP contribution in [0.4, 0.5) is 4.79 Å². The first kappa shape index (κ1) is 14.3. The van der Waals surface area contributed by atoms with Crippen LogP contribution in [0.5, 0.6) is 0 Å². The van der Waals surface area contributed by atoms with Crippen LogP contribution >= 0.6 is 11.6 Å². The summed E-state index contributed by atoms with van der Waals surface area (Å²) in [7, 11) is 0. The lowest BCUT2D eigenvalue weighted by Gasteiger charge is -2.08. The maximum atomic E-state index is 10.4. The Morgan fingerprint density at radius 3 is 2.85 bits per heavy atom. The number of aromatic nitrogens is 2. The molecule has 5 nitrogen and oxygen atoms in total. The Bertz CT molecular complexity index is 632. The van der Waals surface area contributed by atoms with Crippen molar-refractivity contribution in [2.75, 3.05) is 6.54 Å². The van der Waals surface area contributed by atoms with Crippen molar-refractivity contribution in [2.24, 2.45) is 0 Å². The molecule has 0 saturated carbocycles.